The minimum absolute atomic E-state index is 0.104. The first-order valence-corrected chi connectivity index (χ1v) is 7.78. The van der Waals surface area contributed by atoms with Gasteiger partial charge in [-0.05, 0) is 49.4 Å². The van der Waals surface area contributed by atoms with E-state index in [0.29, 0.717) is 11.3 Å². The lowest BCUT2D eigenvalue weighted by Gasteiger charge is -2.14. The van der Waals surface area contributed by atoms with Crippen molar-refractivity contribution in [2.24, 2.45) is 0 Å². The molecule has 0 spiro atoms. The molecule has 2 aromatic carbocycles. The molecule has 0 saturated heterocycles. The number of amides is 1. The molecule has 1 amide bonds. The molecular weight excluding hydrogens is 341 g/mol. The Morgan fingerprint density at radius 1 is 1.08 bits per heavy atom. The van der Waals surface area contributed by atoms with Crippen LogP contribution in [0.2, 0.25) is 0 Å². The van der Waals surface area contributed by atoms with Gasteiger partial charge in [0.1, 0.15) is 17.1 Å². The molecule has 1 atom stereocenters. The van der Waals surface area contributed by atoms with E-state index < -0.39 is 23.7 Å². The maximum absolute atomic E-state index is 13.4. The summed E-state index contributed by atoms with van der Waals surface area (Å²) in [7, 11) is 1.34. The molecule has 0 radical (unpaired) electrons. The monoisotopic (exact) mass is 359 g/mol. The normalized spacial score (nSPS) is 11.4. The van der Waals surface area contributed by atoms with Crippen LogP contribution >= 0.6 is 0 Å². The van der Waals surface area contributed by atoms with Crippen molar-refractivity contribution in [1.29, 1.82) is 0 Å². The van der Waals surface area contributed by atoms with Crippen LogP contribution in [0.15, 0.2) is 42.5 Å². The summed E-state index contributed by atoms with van der Waals surface area (Å²) in [6, 6.07) is 9.61. The third kappa shape index (κ3) is 4.66. The van der Waals surface area contributed by atoms with E-state index in [1.165, 1.54) is 39.2 Å². The second-order valence-corrected chi connectivity index (χ2v) is 5.51. The van der Waals surface area contributed by atoms with E-state index in [4.69, 9.17) is 9.47 Å². The van der Waals surface area contributed by atoms with Gasteiger partial charge < -0.3 is 14.8 Å². The van der Waals surface area contributed by atoms with E-state index in [0.717, 1.165) is 12.1 Å². The number of carbonyl (C=O) groups excluding carboxylic acids is 3. The van der Waals surface area contributed by atoms with Crippen molar-refractivity contribution in [3.8, 4) is 5.75 Å². The van der Waals surface area contributed by atoms with Gasteiger partial charge in [0.05, 0.1) is 7.11 Å². The van der Waals surface area contributed by atoms with Crippen LogP contribution < -0.4 is 10.1 Å². The Balaban J connectivity index is 2.10. The minimum Gasteiger partial charge on any atom is -0.496 e. The molecule has 0 bridgehead atoms. The van der Waals surface area contributed by atoms with E-state index in [9.17, 15) is 18.8 Å². The Hall–Kier alpha value is -3.22. The lowest BCUT2D eigenvalue weighted by atomic mass is 10.1. The van der Waals surface area contributed by atoms with Crippen LogP contribution in [0.25, 0.3) is 0 Å². The predicted octanol–water partition coefficient (Wildman–Crippen LogP) is 3.22. The summed E-state index contributed by atoms with van der Waals surface area (Å²) < 4.78 is 23.5. The second kappa shape index (κ2) is 8.24. The van der Waals surface area contributed by atoms with Gasteiger partial charge in [0.15, 0.2) is 6.10 Å². The zero-order valence-corrected chi connectivity index (χ0v) is 14.5. The Morgan fingerprint density at radius 3 is 2.31 bits per heavy atom. The fourth-order valence-corrected chi connectivity index (χ4v) is 2.27. The lowest BCUT2D eigenvalue weighted by Crippen LogP contribution is -2.24. The number of methoxy groups -OCH3 is 1. The fourth-order valence-electron chi connectivity index (χ4n) is 2.27. The first kappa shape index (κ1) is 19.1. The van der Waals surface area contributed by atoms with Crippen LogP contribution in [0.4, 0.5) is 10.1 Å². The van der Waals surface area contributed by atoms with Crippen LogP contribution in [0.3, 0.4) is 0 Å². The number of ketones is 1. The van der Waals surface area contributed by atoms with E-state index in [1.54, 1.807) is 12.1 Å². The van der Waals surface area contributed by atoms with Gasteiger partial charge in [-0.3, -0.25) is 9.59 Å². The third-order valence-corrected chi connectivity index (χ3v) is 3.52. The molecule has 1 N–H and O–H groups in total. The van der Waals surface area contributed by atoms with Crippen molar-refractivity contribution in [3.63, 3.8) is 0 Å². The Bertz CT molecular complexity index is 832. The van der Waals surface area contributed by atoms with Crippen molar-refractivity contribution in [3.05, 3.63) is 59.4 Å². The highest BCUT2D eigenvalue weighted by atomic mass is 19.1. The van der Waals surface area contributed by atoms with E-state index in [2.05, 4.69) is 5.32 Å². The minimum atomic E-state index is -1.08. The van der Waals surface area contributed by atoms with E-state index in [1.807, 2.05) is 0 Å². The summed E-state index contributed by atoms with van der Waals surface area (Å²) in [4.78, 5) is 35.6. The van der Waals surface area contributed by atoms with Crippen molar-refractivity contribution < 1.29 is 28.2 Å². The van der Waals surface area contributed by atoms with Crippen molar-refractivity contribution in [1.82, 2.24) is 0 Å². The van der Waals surface area contributed by atoms with Crippen molar-refractivity contribution >= 4 is 23.3 Å². The molecule has 2 aromatic rings. The van der Waals surface area contributed by atoms with Gasteiger partial charge in [0, 0.05) is 18.2 Å². The molecule has 0 aliphatic rings. The SMILES string of the molecule is COc1ccc(F)cc1C(=O)O[C@@H](C)C(=O)c1ccc(NC(C)=O)cc1. The Kier molecular flexibility index (Phi) is 6.06. The molecule has 0 aliphatic heterocycles. The molecule has 0 unspecified atom stereocenters. The number of rotatable bonds is 6. The van der Waals surface area contributed by atoms with E-state index >= 15 is 0 Å². The summed E-state index contributed by atoms with van der Waals surface area (Å²) in [6.45, 7) is 2.80. The number of anilines is 1. The molecule has 26 heavy (non-hydrogen) atoms. The molecule has 0 aromatic heterocycles. The molecule has 0 fully saturated rings. The number of hydrogen-bond acceptors (Lipinski definition) is 5. The average molecular weight is 359 g/mol. The number of carbonyl (C=O) groups is 3. The summed E-state index contributed by atoms with van der Waals surface area (Å²) >= 11 is 0. The number of halogens is 1. The molecule has 0 heterocycles. The van der Waals surface area contributed by atoms with Gasteiger partial charge in [-0.1, -0.05) is 0 Å². The maximum Gasteiger partial charge on any atom is 0.342 e. The zero-order chi connectivity index (χ0) is 19.3. The fraction of sp³-hybridized carbons (Fsp3) is 0.211. The number of ether oxygens (including phenoxy) is 2. The summed E-state index contributed by atoms with van der Waals surface area (Å²) in [5.41, 5.74) is 0.752. The predicted molar refractivity (Wildman–Crippen MR) is 92.9 cm³/mol. The second-order valence-electron chi connectivity index (χ2n) is 5.51. The van der Waals surface area contributed by atoms with Crippen LogP contribution in [-0.2, 0) is 9.53 Å². The Morgan fingerprint density at radius 2 is 1.73 bits per heavy atom. The van der Waals surface area contributed by atoms with Gasteiger partial charge in [-0.15, -0.1) is 0 Å². The molecule has 0 saturated carbocycles. The van der Waals surface area contributed by atoms with E-state index in [-0.39, 0.29) is 17.2 Å². The smallest absolute Gasteiger partial charge is 0.342 e. The quantitative estimate of drug-likeness (QED) is 0.633. The first-order chi connectivity index (χ1) is 12.3. The molecule has 0 aliphatic carbocycles. The molecule has 6 nitrogen and oxygen atoms in total. The van der Waals surface area contributed by atoms with Crippen LogP contribution in [0.5, 0.6) is 5.75 Å². The standard InChI is InChI=1S/C19H18FNO5/c1-11(18(23)13-4-7-15(8-5-13)21-12(2)22)26-19(24)16-10-14(20)6-9-17(16)25-3/h4-11H,1-3H3,(H,21,22)/t11-/m0/s1. The summed E-state index contributed by atoms with van der Waals surface area (Å²) in [5, 5.41) is 2.59. The first-order valence-electron chi connectivity index (χ1n) is 7.78. The number of Topliss-reactive ketones (excluding diaryl/α,β-unsaturated/α-hetero) is 1. The number of hydrogen-bond donors (Lipinski definition) is 1. The van der Waals surface area contributed by atoms with Gasteiger partial charge >= 0.3 is 5.97 Å². The maximum atomic E-state index is 13.4. The highest BCUT2D eigenvalue weighted by molar-refractivity contribution is 6.02. The Labute approximate surface area is 149 Å². The molecular formula is C19H18FNO5. The lowest BCUT2D eigenvalue weighted by molar-refractivity contribution is -0.114. The molecule has 2 rings (SSSR count). The zero-order valence-electron chi connectivity index (χ0n) is 14.5. The summed E-state index contributed by atoms with van der Waals surface area (Å²) in [6.07, 6.45) is -1.08. The van der Waals surface area contributed by atoms with Crippen molar-refractivity contribution in [2.75, 3.05) is 12.4 Å². The van der Waals surface area contributed by atoms with Gasteiger partial charge in [0.2, 0.25) is 11.7 Å². The van der Waals surface area contributed by atoms with Crippen LogP contribution in [-0.4, -0.2) is 30.9 Å². The highest BCUT2D eigenvalue weighted by Gasteiger charge is 2.23. The number of esters is 1. The van der Waals surface area contributed by atoms with Gasteiger partial charge in [-0.2, -0.15) is 0 Å². The van der Waals surface area contributed by atoms with Crippen molar-refractivity contribution in [2.45, 2.75) is 20.0 Å². The third-order valence-electron chi connectivity index (χ3n) is 3.52. The van der Waals surface area contributed by atoms with Crippen LogP contribution in [0.1, 0.15) is 34.6 Å². The highest BCUT2D eigenvalue weighted by Crippen LogP contribution is 2.21. The summed E-state index contributed by atoms with van der Waals surface area (Å²) in [5.74, 6) is -1.99. The number of nitrogens with one attached hydrogen (secondary N) is 1. The van der Waals surface area contributed by atoms with Gasteiger partial charge in [0.25, 0.3) is 0 Å². The topological polar surface area (TPSA) is 81.7 Å². The largest absolute Gasteiger partial charge is 0.496 e. The number of benzene rings is 2. The molecule has 7 heteroatoms. The van der Waals surface area contributed by atoms with Gasteiger partial charge in [-0.25, -0.2) is 9.18 Å². The van der Waals surface area contributed by atoms with Crippen LogP contribution in [0, 0.1) is 5.82 Å². The average Bonchev–Trinajstić information content (AvgIpc) is 2.61. The molecule has 136 valence electrons.